The Balaban J connectivity index is 0.000000262. The summed E-state index contributed by atoms with van der Waals surface area (Å²) in [6, 6.07) is 24.7. The first-order valence-corrected chi connectivity index (χ1v) is 9.69. The summed E-state index contributed by atoms with van der Waals surface area (Å²) < 4.78 is 5.11. The summed E-state index contributed by atoms with van der Waals surface area (Å²) in [5.74, 6) is -0.787. The number of carboxylic acids is 1. The number of rotatable bonds is 8. The van der Waals surface area contributed by atoms with E-state index in [9.17, 15) is 19.7 Å². The molecule has 3 aromatic carbocycles. The van der Waals surface area contributed by atoms with Crippen LogP contribution in [0.2, 0.25) is 0 Å². The molecule has 31 heavy (non-hydrogen) atoms. The van der Waals surface area contributed by atoms with Gasteiger partial charge >= 0.3 is 11.9 Å². The molecule has 160 valence electrons. The molecule has 0 spiro atoms. The molecule has 0 aliphatic heterocycles. The summed E-state index contributed by atoms with van der Waals surface area (Å²) in [6.45, 7) is 0. The van der Waals surface area contributed by atoms with Gasteiger partial charge in [0.1, 0.15) is 5.75 Å². The Kier molecular flexibility index (Phi) is 9.42. The predicted molar refractivity (Wildman–Crippen MR) is 116 cm³/mol. The zero-order valence-corrected chi connectivity index (χ0v) is 16.8. The van der Waals surface area contributed by atoms with Gasteiger partial charge in [-0.1, -0.05) is 60.7 Å². The third-order valence-corrected chi connectivity index (χ3v) is 4.21. The zero-order valence-electron chi connectivity index (χ0n) is 16.8. The van der Waals surface area contributed by atoms with Gasteiger partial charge in [0.2, 0.25) is 0 Å². The monoisotopic (exact) mass is 421 g/mol. The topological polar surface area (TPSA) is 107 Å². The molecule has 0 aromatic heterocycles. The number of nitrogens with zero attached hydrogens (tertiary/aromatic N) is 1. The number of non-ortho nitro benzene ring substituents is 1. The Bertz CT molecular complexity index is 972. The molecule has 0 heterocycles. The van der Waals surface area contributed by atoms with Gasteiger partial charge < -0.3 is 9.84 Å². The molecule has 0 fully saturated rings. The van der Waals surface area contributed by atoms with Crippen molar-refractivity contribution in [3.63, 3.8) is 0 Å². The lowest BCUT2D eigenvalue weighted by Gasteiger charge is -2.04. The van der Waals surface area contributed by atoms with Crippen LogP contribution in [0.4, 0.5) is 5.69 Å². The highest BCUT2D eigenvalue weighted by Crippen LogP contribution is 2.18. The maximum atomic E-state index is 11.6. The molecule has 0 saturated carbocycles. The van der Waals surface area contributed by atoms with Gasteiger partial charge in [0.25, 0.3) is 5.69 Å². The molecule has 7 heteroatoms. The van der Waals surface area contributed by atoms with Crippen molar-refractivity contribution in [1.82, 2.24) is 0 Å². The van der Waals surface area contributed by atoms with Crippen molar-refractivity contribution in [3.05, 3.63) is 106 Å². The normalized spacial score (nSPS) is 9.81. The quantitative estimate of drug-likeness (QED) is 0.241. The highest BCUT2D eigenvalue weighted by Gasteiger charge is 2.08. The number of hydrogen-bond acceptors (Lipinski definition) is 5. The molecule has 0 radical (unpaired) electrons. The fraction of sp³-hybridized carbons (Fsp3) is 0.167. The van der Waals surface area contributed by atoms with Crippen molar-refractivity contribution in [1.29, 1.82) is 0 Å². The summed E-state index contributed by atoms with van der Waals surface area (Å²) in [5.41, 5.74) is 2.11. The van der Waals surface area contributed by atoms with Gasteiger partial charge in [-0.3, -0.25) is 19.7 Å². The third-order valence-electron chi connectivity index (χ3n) is 4.21. The SMILES string of the molecule is O=C(CCc1ccccc1)Oc1ccc([N+](=O)[O-])cc1.O=C(O)CCc1ccccc1. The van der Waals surface area contributed by atoms with E-state index in [2.05, 4.69) is 0 Å². The fourth-order valence-corrected chi connectivity index (χ4v) is 2.61. The molecule has 1 N–H and O–H groups in total. The van der Waals surface area contributed by atoms with Crippen molar-refractivity contribution >= 4 is 17.6 Å². The number of carbonyl (C=O) groups is 2. The van der Waals surface area contributed by atoms with Crippen molar-refractivity contribution in [2.24, 2.45) is 0 Å². The number of nitro groups is 1. The Labute approximate surface area is 180 Å². The molecule has 0 amide bonds. The number of hydrogen-bond donors (Lipinski definition) is 1. The van der Waals surface area contributed by atoms with Crippen LogP contribution in [0.5, 0.6) is 5.75 Å². The van der Waals surface area contributed by atoms with Gasteiger partial charge in [0, 0.05) is 25.0 Å². The first-order valence-electron chi connectivity index (χ1n) is 9.69. The van der Waals surface area contributed by atoms with Crippen LogP contribution in [0.25, 0.3) is 0 Å². The second-order valence-electron chi connectivity index (χ2n) is 6.59. The van der Waals surface area contributed by atoms with E-state index in [0.29, 0.717) is 18.6 Å². The van der Waals surface area contributed by atoms with E-state index < -0.39 is 10.9 Å². The van der Waals surface area contributed by atoms with Crippen LogP contribution >= 0.6 is 0 Å². The highest BCUT2D eigenvalue weighted by atomic mass is 16.6. The van der Waals surface area contributed by atoms with Crippen LogP contribution in [0.1, 0.15) is 24.0 Å². The summed E-state index contributed by atoms with van der Waals surface area (Å²) in [6.07, 6.45) is 1.70. The second kappa shape index (κ2) is 12.5. The van der Waals surface area contributed by atoms with E-state index in [1.165, 1.54) is 24.3 Å². The lowest BCUT2D eigenvalue weighted by atomic mass is 10.1. The molecule has 0 aliphatic rings. The number of carbonyl (C=O) groups excluding carboxylic acids is 1. The summed E-state index contributed by atoms with van der Waals surface area (Å²) >= 11 is 0. The van der Waals surface area contributed by atoms with Crippen molar-refractivity contribution in [2.45, 2.75) is 25.7 Å². The largest absolute Gasteiger partial charge is 0.481 e. The van der Waals surface area contributed by atoms with E-state index in [-0.39, 0.29) is 24.5 Å². The van der Waals surface area contributed by atoms with Gasteiger partial charge in [0.05, 0.1) is 4.92 Å². The standard InChI is InChI=1S/C15H13NO4.C9H10O2/c17-15(11-6-12-4-2-1-3-5-12)20-14-9-7-13(8-10-14)16(18)19;10-9(11)7-6-8-4-2-1-3-5-8/h1-5,7-10H,6,11H2;1-5H,6-7H2,(H,10,11). The molecule has 0 bridgehead atoms. The number of carboxylic acid groups (broad SMARTS) is 1. The van der Waals surface area contributed by atoms with Crippen molar-refractivity contribution in [3.8, 4) is 5.75 Å². The lowest BCUT2D eigenvalue weighted by Crippen LogP contribution is -2.09. The second-order valence-corrected chi connectivity index (χ2v) is 6.59. The number of aryl methyl sites for hydroxylation is 2. The van der Waals surface area contributed by atoms with Crippen LogP contribution in [0.15, 0.2) is 84.9 Å². The van der Waals surface area contributed by atoms with Gasteiger partial charge in [-0.05, 0) is 36.1 Å². The first kappa shape index (κ1) is 23.3. The van der Waals surface area contributed by atoms with Crippen molar-refractivity contribution in [2.75, 3.05) is 0 Å². The fourth-order valence-electron chi connectivity index (χ4n) is 2.61. The van der Waals surface area contributed by atoms with E-state index in [1.54, 1.807) is 0 Å². The number of esters is 1. The lowest BCUT2D eigenvalue weighted by molar-refractivity contribution is -0.384. The molecule has 0 atom stereocenters. The maximum Gasteiger partial charge on any atom is 0.311 e. The summed E-state index contributed by atoms with van der Waals surface area (Å²) in [4.78, 5) is 31.8. The Morgan fingerprint density at radius 3 is 1.71 bits per heavy atom. The van der Waals surface area contributed by atoms with Gasteiger partial charge in [-0.25, -0.2) is 0 Å². The van der Waals surface area contributed by atoms with Crippen LogP contribution < -0.4 is 4.74 Å². The molecule has 0 unspecified atom stereocenters. The first-order chi connectivity index (χ1) is 14.9. The Hall–Kier alpha value is -4.00. The van der Waals surface area contributed by atoms with Crippen molar-refractivity contribution < 1.29 is 24.4 Å². The van der Waals surface area contributed by atoms with Crippen LogP contribution in [-0.4, -0.2) is 22.0 Å². The Morgan fingerprint density at radius 2 is 1.26 bits per heavy atom. The zero-order chi connectivity index (χ0) is 22.5. The summed E-state index contributed by atoms with van der Waals surface area (Å²) in [5, 5.41) is 18.9. The maximum absolute atomic E-state index is 11.6. The molecule has 3 aromatic rings. The van der Waals surface area contributed by atoms with E-state index in [4.69, 9.17) is 9.84 Å². The number of aliphatic carboxylic acids is 1. The molecule has 3 rings (SSSR count). The Morgan fingerprint density at radius 1 is 0.774 bits per heavy atom. The minimum atomic E-state index is -0.742. The average molecular weight is 421 g/mol. The molecular formula is C24H23NO6. The van der Waals surface area contributed by atoms with E-state index >= 15 is 0 Å². The number of ether oxygens (including phenoxy) is 1. The molecule has 0 saturated heterocycles. The minimum absolute atomic E-state index is 0.0333. The molecule has 0 aliphatic carbocycles. The molecule has 7 nitrogen and oxygen atoms in total. The molecular weight excluding hydrogens is 398 g/mol. The van der Waals surface area contributed by atoms with E-state index in [1.807, 2.05) is 60.7 Å². The third kappa shape index (κ3) is 9.36. The summed E-state index contributed by atoms with van der Waals surface area (Å²) in [7, 11) is 0. The van der Waals surface area contributed by atoms with Crippen LogP contribution in [-0.2, 0) is 22.4 Å². The smallest absolute Gasteiger partial charge is 0.311 e. The van der Waals surface area contributed by atoms with Gasteiger partial charge in [-0.2, -0.15) is 0 Å². The van der Waals surface area contributed by atoms with Crippen LogP contribution in [0, 0.1) is 10.1 Å². The van der Waals surface area contributed by atoms with Gasteiger partial charge in [-0.15, -0.1) is 0 Å². The number of benzene rings is 3. The van der Waals surface area contributed by atoms with Crippen LogP contribution in [0.3, 0.4) is 0 Å². The highest BCUT2D eigenvalue weighted by molar-refractivity contribution is 5.72. The van der Waals surface area contributed by atoms with E-state index in [0.717, 1.165) is 11.1 Å². The predicted octanol–water partition coefficient (Wildman–Crippen LogP) is 4.84. The minimum Gasteiger partial charge on any atom is -0.481 e. The van der Waals surface area contributed by atoms with Gasteiger partial charge in [0.15, 0.2) is 0 Å². The average Bonchev–Trinajstić information content (AvgIpc) is 2.78. The number of nitro benzene ring substituents is 1.